The molecule has 0 bridgehead atoms. The average molecular weight is 377 g/mol. The van der Waals surface area contributed by atoms with E-state index in [1.54, 1.807) is 25.3 Å². The highest BCUT2D eigenvalue weighted by Gasteiger charge is 2.19. The van der Waals surface area contributed by atoms with Crippen molar-refractivity contribution in [2.24, 2.45) is 0 Å². The fraction of sp³-hybridized carbons (Fsp3) is 0.350. The summed E-state index contributed by atoms with van der Waals surface area (Å²) < 4.78 is 10.9. The number of benzene rings is 2. The van der Waals surface area contributed by atoms with E-state index in [9.17, 15) is 4.79 Å². The van der Waals surface area contributed by atoms with E-state index in [-0.39, 0.29) is 11.9 Å². The lowest BCUT2D eigenvalue weighted by Crippen LogP contribution is -2.39. The molecule has 1 N–H and O–H groups in total. The molecule has 0 heterocycles. The molecule has 1 amide bonds. The van der Waals surface area contributed by atoms with Crippen LogP contribution in [0.2, 0.25) is 5.02 Å². The van der Waals surface area contributed by atoms with Crippen LogP contribution >= 0.6 is 11.6 Å². The van der Waals surface area contributed by atoms with Gasteiger partial charge in [-0.1, -0.05) is 23.7 Å². The maximum Gasteiger partial charge on any atom is 0.241 e. The summed E-state index contributed by atoms with van der Waals surface area (Å²) >= 11 is 5.96. The van der Waals surface area contributed by atoms with Crippen molar-refractivity contribution in [3.63, 3.8) is 0 Å². The van der Waals surface area contributed by atoms with Gasteiger partial charge in [-0.3, -0.25) is 9.69 Å². The number of nitrogens with zero attached hydrogens (tertiary/aromatic N) is 1. The van der Waals surface area contributed by atoms with Gasteiger partial charge in [0, 0.05) is 17.3 Å². The molecule has 0 saturated heterocycles. The number of methoxy groups -OCH3 is 1. The van der Waals surface area contributed by atoms with E-state index in [1.807, 2.05) is 50.1 Å². The predicted molar refractivity (Wildman–Crippen MR) is 105 cm³/mol. The highest BCUT2D eigenvalue weighted by atomic mass is 35.5. The largest absolute Gasteiger partial charge is 0.493 e. The van der Waals surface area contributed by atoms with Gasteiger partial charge in [0.05, 0.1) is 19.8 Å². The van der Waals surface area contributed by atoms with Crippen molar-refractivity contribution in [2.45, 2.75) is 26.4 Å². The summed E-state index contributed by atoms with van der Waals surface area (Å²) in [4.78, 5) is 14.4. The molecule has 0 aliphatic rings. The minimum Gasteiger partial charge on any atom is -0.493 e. The quantitative estimate of drug-likeness (QED) is 0.749. The van der Waals surface area contributed by atoms with Crippen molar-refractivity contribution in [3.8, 4) is 11.5 Å². The SMILES string of the molecule is CCOc1ccc(CN(C)[C@@H](C)C(=O)Nc2cccc(Cl)c2)cc1OC. The van der Waals surface area contributed by atoms with Crippen LogP contribution in [0.3, 0.4) is 0 Å². The van der Waals surface area contributed by atoms with Gasteiger partial charge in [0.1, 0.15) is 0 Å². The van der Waals surface area contributed by atoms with E-state index in [4.69, 9.17) is 21.1 Å². The van der Waals surface area contributed by atoms with Gasteiger partial charge >= 0.3 is 0 Å². The van der Waals surface area contributed by atoms with Crippen molar-refractivity contribution >= 4 is 23.2 Å². The molecule has 2 aromatic rings. The van der Waals surface area contributed by atoms with Crippen molar-refractivity contribution < 1.29 is 14.3 Å². The summed E-state index contributed by atoms with van der Waals surface area (Å²) in [5, 5.41) is 3.48. The average Bonchev–Trinajstić information content (AvgIpc) is 2.62. The number of carbonyl (C=O) groups is 1. The first-order chi connectivity index (χ1) is 12.4. The monoisotopic (exact) mass is 376 g/mol. The number of ether oxygens (including phenoxy) is 2. The lowest BCUT2D eigenvalue weighted by molar-refractivity contribution is -0.120. The molecule has 0 unspecified atom stereocenters. The van der Waals surface area contributed by atoms with Crippen molar-refractivity contribution in [3.05, 3.63) is 53.1 Å². The summed E-state index contributed by atoms with van der Waals surface area (Å²) in [6.45, 7) is 4.98. The summed E-state index contributed by atoms with van der Waals surface area (Å²) in [6.07, 6.45) is 0. The third-order valence-corrected chi connectivity index (χ3v) is 4.33. The summed E-state index contributed by atoms with van der Waals surface area (Å²) in [5.74, 6) is 1.31. The number of carbonyl (C=O) groups excluding carboxylic acids is 1. The Bertz CT molecular complexity index is 752. The third-order valence-electron chi connectivity index (χ3n) is 4.09. The topological polar surface area (TPSA) is 50.8 Å². The Kier molecular flexibility index (Phi) is 7.30. The maximum absolute atomic E-state index is 12.5. The van der Waals surface area contributed by atoms with Crippen LogP contribution in [-0.4, -0.2) is 37.6 Å². The predicted octanol–water partition coefficient (Wildman–Crippen LogP) is 4.21. The van der Waals surface area contributed by atoms with Gasteiger partial charge in [0.25, 0.3) is 0 Å². The number of likely N-dealkylation sites (N-methyl/N-ethyl adjacent to an activating group) is 1. The number of anilines is 1. The fourth-order valence-electron chi connectivity index (χ4n) is 2.52. The van der Waals surface area contributed by atoms with Crippen LogP contribution in [0.15, 0.2) is 42.5 Å². The van der Waals surface area contributed by atoms with E-state index < -0.39 is 0 Å². The third kappa shape index (κ3) is 5.38. The summed E-state index contributed by atoms with van der Waals surface area (Å²) in [6, 6.07) is 12.6. The summed E-state index contributed by atoms with van der Waals surface area (Å²) in [7, 11) is 3.53. The van der Waals surface area contributed by atoms with Crippen LogP contribution in [-0.2, 0) is 11.3 Å². The molecule has 2 rings (SSSR count). The number of amides is 1. The molecule has 0 aliphatic carbocycles. The van der Waals surface area contributed by atoms with Crippen LogP contribution in [0.5, 0.6) is 11.5 Å². The minimum atomic E-state index is -0.313. The molecule has 5 nitrogen and oxygen atoms in total. The van der Waals surface area contributed by atoms with Gasteiger partial charge in [-0.05, 0) is 56.8 Å². The highest BCUT2D eigenvalue weighted by Crippen LogP contribution is 2.28. The molecule has 6 heteroatoms. The normalized spacial score (nSPS) is 11.9. The Morgan fingerprint density at radius 3 is 2.65 bits per heavy atom. The van der Waals surface area contributed by atoms with E-state index in [1.165, 1.54) is 0 Å². The second-order valence-corrected chi connectivity index (χ2v) is 6.45. The number of hydrogen-bond acceptors (Lipinski definition) is 4. The van der Waals surface area contributed by atoms with Gasteiger partial charge < -0.3 is 14.8 Å². The zero-order valence-electron chi connectivity index (χ0n) is 15.6. The van der Waals surface area contributed by atoms with Crippen molar-refractivity contribution in [1.29, 1.82) is 0 Å². The smallest absolute Gasteiger partial charge is 0.241 e. The van der Waals surface area contributed by atoms with Gasteiger partial charge in [0.15, 0.2) is 11.5 Å². The van der Waals surface area contributed by atoms with Crippen LogP contribution in [0.1, 0.15) is 19.4 Å². The molecule has 0 radical (unpaired) electrons. The van der Waals surface area contributed by atoms with E-state index in [0.717, 1.165) is 5.56 Å². The first kappa shape index (κ1) is 20.1. The van der Waals surface area contributed by atoms with Gasteiger partial charge in [0.2, 0.25) is 5.91 Å². The number of halogens is 1. The van der Waals surface area contributed by atoms with Gasteiger partial charge in [-0.25, -0.2) is 0 Å². The lowest BCUT2D eigenvalue weighted by atomic mass is 10.1. The molecule has 2 aromatic carbocycles. The Morgan fingerprint density at radius 2 is 2.00 bits per heavy atom. The van der Waals surface area contributed by atoms with E-state index >= 15 is 0 Å². The lowest BCUT2D eigenvalue weighted by Gasteiger charge is -2.24. The number of hydrogen-bond donors (Lipinski definition) is 1. The molecule has 1 atom stereocenters. The van der Waals surface area contributed by atoms with Crippen LogP contribution in [0, 0.1) is 0 Å². The highest BCUT2D eigenvalue weighted by molar-refractivity contribution is 6.30. The van der Waals surface area contributed by atoms with Gasteiger partial charge in [-0.2, -0.15) is 0 Å². The molecule has 0 fully saturated rings. The van der Waals surface area contributed by atoms with E-state index in [2.05, 4.69) is 5.32 Å². The molecule has 0 aromatic heterocycles. The first-order valence-corrected chi connectivity index (χ1v) is 8.88. The van der Waals surface area contributed by atoms with Crippen molar-refractivity contribution in [1.82, 2.24) is 4.90 Å². The number of rotatable bonds is 8. The molecular formula is C20H25ClN2O3. The minimum absolute atomic E-state index is 0.0901. The Hall–Kier alpha value is -2.24. The molecule has 0 aliphatic heterocycles. The second-order valence-electron chi connectivity index (χ2n) is 6.01. The van der Waals surface area contributed by atoms with Crippen LogP contribution < -0.4 is 14.8 Å². The number of nitrogens with one attached hydrogen (secondary N) is 1. The Labute approximate surface area is 159 Å². The first-order valence-electron chi connectivity index (χ1n) is 8.51. The zero-order chi connectivity index (χ0) is 19.1. The molecule has 0 saturated carbocycles. The van der Waals surface area contributed by atoms with Crippen LogP contribution in [0.25, 0.3) is 0 Å². The van der Waals surface area contributed by atoms with E-state index in [0.29, 0.717) is 35.4 Å². The molecule has 0 spiro atoms. The van der Waals surface area contributed by atoms with Gasteiger partial charge in [-0.15, -0.1) is 0 Å². The molecule has 140 valence electrons. The standard InChI is InChI=1S/C20H25ClN2O3/c1-5-26-18-10-9-15(11-19(18)25-4)13-23(3)14(2)20(24)22-17-8-6-7-16(21)12-17/h6-12,14H,5,13H2,1-4H3,(H,22,24)/t14-/m0/s1. The second kappa shape index (κ2) is 9.46. The summed E-state index contributed by atoms with van der Waals surface area (Å²) in [5.41, 5.74) is 1.72. The molecule has 26 heavy (non-hydrogen) atoms. The van der Waals surface area contributed by atoms with Crippen LogP contribution in [0.4, 0.5) is 5.69 Å². The maximum atomic E-state index is 12.5. The fourth-order valence-corrected chi connectivity index (χ4v) is 2.71. The molecular weight excluding hydrogens is 352 g/mol. The van der Waals surface area contributed by atoms with Crippen molar-refractivity contribution in [2.75, 3.05) is 26.1 Å². The Balaban J connectivity index is 2.01. The zero-order valence-corrected chi connectivity index (χ0v) is 16.3. The Morgan fingerprint density at radius 1 is 1.23 bits per heavy atom.